The number of hydrogen-bond donors (Lipinski definition) is 1. The molecule has 3 heterocycles. The SMILES string of the molecule is Cc1ccc(NC(=O)C2CCN(C(=O)c3ccc(OCC(=O)N4C(C)CCCC4C)cc3)CC2)nc1. The van der Waals surface area contributed by atoms with E-state index in [9.17, 15) is 14.4 Å². The standard InChI is InChI=1S/C28H36N4O4/c1-19-7-12-25(29-17-19)30-27(34)22-13-15-31(16-14-22)28(35)23-8-10-24(11-9-23)36-18-26(33)32-20(2)5-4-6-21(32)3/h7-12,17,20-22H,4-6,13-16,18H2,1-3H3,(H,29,30,34). The number of pyridine rings is 1. The lowest BCUT2D eigenvalue weighted by atomic mass is 9.95. The van der Waals surface area contributed by atoms with Crippen LogP contribution >= 0.6 is 0 Å². The fraction of sp³-hybridized carbons (Fsp3) is 0.500. The summed E-state index contributed by atoms with van der Waals surface area (Å²) < 4.78 is 5.73. The quantitative estimate of drug-likeness (QED) is 0.657. The van der Waals surface area contributed by atoms with Crippen LogP contribution in [0.3, 0.4) is 0 Å². The summed E-state index contributed by atoms with van der Waals surface area (Å²) >= 11 is 0. The summed E-state index contributed by atoms with van der Waals surface area (Å²) in [6, 6.07) is 11.1. The first-order valence-corrected chi connectivity index (χ1v) is 12.9. The Kier molecular flexibility index (Phi) is 8.23. The number of anilines is 1. The van der Waals surface area contributed by atoms with Crippen LogP contribution in [0.5, 0.6) is 5.75 Å². The minimum Gasteiger partial charge on any atom is -0.484 e. The zero-order valence-electron chi connectivity index (χ0n) is 21.4. The molecule has 4 rings (SSSR count). The maximum Gasteiger partial charge on any atom is 0.260 e. The highest BCUT2D eigenvalue weighted by atomic mass is 16.5. The number of benzene rings is 1. The molecule has 2 fully saturated rings. The van der Waals surface area contributed by atoms with E-state index in [2.05, 4.69) is 24.1 Å². The molecule has 1 aromatic heterocycles. The number of aromatic nitrogens is 1. The summed E-state index contributed by atoms with van der Waals surface area (Å²) in [6.45, 7) is 7.17. The average molecular weight is 493 g/mol. The number of piperidine rings is 2. The minimum atomic E-state index is -0.143. The van der Waals surface area contributed by atoms with E-state index in [1.807, 2.05) is 17.9 Å². The fourth-order valence-electron chi connectivity index (χ4n) is 5.12. The first-order chi connectivity index (χ1) is 17.3. The van der Waals surface area contributed by atoms with Gasteiger partial charge in [0.25, 0.3) is 11.8 Å². The van der Waals surface area contributed by atoms with Gasteiger partial charge in [-0.15, -0.1) is 0 Å². The maximum absolute atomic E-state index is 13.0. The molecule has 2 saturated heterocycles. The lowest BCUT2D eigenvalue weighted by Crippen LogP contribution is -2.49. The van der Waals surface area contributed by atoms with Crippen molar-refractivity contribution in [3.8, 4) is 5.75 Å². The number of amides is 3. The van der Waals surface area contributed by atoms with Crippen molar-refractivity contribution < 1.29 is 19.1 Å². The van der Waals surface area contributed by atoms with E-state index < -0.39 is 0 Å². The molecule has 36 heavy (non-hydrogen) atoms. The number of nitrogens with one attached hydrogen (secondary N) is 1. The van der Waals surface area contributed by atoms with Crippen LogP contribution in [0.2, 0.25) is 0 Å². The van der Waals surface area contributed by atoms with Crippen LogP contribution in [0, 0.1) is 12.8 Å². The summed E-state index contributed by atoms with van der Waals surface area (Å²) in [5.41, 5.74) is 1.60. The highest BCUT2D eigenvalue weighted by molar-refractivity contribution is 5.95. The van der Waals surface area contributed by atoms with Crippen LogP contribution in [0.4, 0.5) is 5.82 Å². The van der Waals surface area contributed by atoms with Gasteiger partial charge in [-0.05, 0) is 88.8 Å². The van der Waals surface area contributed by atoms with Gasteiger partial charge in [0.05, 0.1) is 0 Å². The lowest BCUT2D eigenvalue weighted by Gasteiger charge is -2.38. The first kappa shape index (κ1) is 25.7. The Labute approximate surface area is 213 Å². The van der Waals surface area contributed by atoms with Crippen molar-refractivity contribution in [3.05, 3.63) is 53.7 Å². The number of rotatable bonds is 6. The molecule has 2 aliphatic rings. The summed E-state index contributed by atoms with van der Waals surface area (Å²) in [6.07, 6.45) is 6.15. The van der Waals surface area contributed by atoms with Gasteiger partial charge >= 0.3 is 0 Å². The Morgan fingerprint density at radius 3 is 2.25 bits per heavy atom. The third-order valence-corrected chi connectivity index (χ3v) is 7.26. The Morgan fingerprint density at radius 1 is 0.972 bits per heavy atom. The number of likely N-dealkylation sites (tertiary alicyclic amines) is 2. The predicted octanol–water partition coefficient (Wildman–Crippen LogP) is 4.05. The smallest absolute Gasteiger partial charge is 0.260 e. The van der Waals surface area contributed by atoms with Crippen molar-refractivity contribution >= 4 is 23.5 Å². The molecule has 8 heteroatoms. The normalized spacial score (nSPS) is 20.6. The third-order valence-electron chi connectivity index (χ3n) is 7.26. The highest BCUT2D eigenvalue weighted by Crippen LogP contribution is 2.24. The second kappa shape index (κ2) is 11.5. The van der Waals surface area contributed by atoms with E-state index in [0.717, 1.165) is 24.8 Å². The molecule has 2 unspecified atom stereocenters. The van der Waals surface area contributed by atoms with Crippen LogP contribution in [-0.2, 0) is 9.59 Å². The van der Waals surface area contributed by atoms with E-state index in [0.29, 0.717) is 43.1 Å². The number of carbonyl (C=O) groups is 3. The molecule has 0 saturated carbocycles. The Morgan fingerprint density at radius 2 is 1.64 bits per heavy atom. The zero-order chi connectivity index (χ0) is 25.7. The molecule has 2 aromatic rings. The monoisotopic (exact) mass is 492 g/mol. The molecule has 0 bridgehead atoms. The third kappa shape index (κ3) is 6.22. The Bertz CT molecular complexity index is 1050. The van der Waals surface area contributed by atoms with Gasteiger partial charge in [-0.3, -0.25) is 14.4 Å². The van der Waals surface area contributed by atoms with Gasteiger partial charge in [-0.25, -0.2) is 4.98 Å². The molecule has 0 aliphatic carbocycles. The summed E-state index contributed by atoms with van der Waals surface area (Å²) in [5, 5.41) is 2.87. The zero-order valence-corrected chi connectivity index (χ0v) is 21.4. The molecule has 3 amide bonds. The van der Waals surface area contributed by atoms with Gasteiger partial charge < -0.3 is 19.9 Å². The second-order valence-corrected chi connectivity index (χ2v) is 10.0. The molecule has 2 aliphatic heterocycles. The molecular formula is C28H36N4O4. The largest absolute Gasteiger partial charge is 0.484 e. The number of aryl methyl sites for hydroxylation is 1. The van der Waals surface area contributed by atoms with Gasteiger partial charge in [-0.1, -0.05) is 6.07 Å². The summed E-state index contributed by atoms with van der Waals surface area (Å²) in [5.74, 6) is 0.858. The number of hydrogen-bond acceptors (Lipinski definition) is 5. The Hall–Kier alpha value is -3.42. The second-order valence-electron chi connectivity index (χ2n) is 10.0. The topological polar surface area (TPSA) is 91.8 Å². The molecule has 2 atom stereocenters. The first-order valence-electron chi connectivity index (χ1n) is 12.9. The van der Waals surface area contributed by atoms with E-state index in [1.165, 1.54) is 0 Å². The average Bonchev–Trinajstić information content (AvgIpc) is 2.88. The van der Waals surface area contributed by atoms with Crippen molar-refractivity contribution in [3.63, 3.8) is 0 Å². The number of carbonyl (C=O) groups excluding carboxylic acids is 3. The molecule has 192 valence electrons. The molecule has 1 N–H and O–H groups in total. The van der Waals surface area contributed by atoms with E-state index in [-0.39, 0.29) is 42.3 Å². The van der Waals surface area contributed by atoms with Gasteiger partial charge in [0.1, 0.15) is 11.6 Å². The molecule has 0 radical (unpaired) electrons. The molecule has 8 nitrogen and oxygen atoms in total. The van der Waals surface area contributed by atoms with Crippen LogP contribution in [-0.4, -0.2) is 64.3 Å². The van der Waals surface area contributed by atoms with Gasteiger partial charge in [0.15, 0.2) is 6.61 Å². The van der Waals surface area contributed by atoms with Crippen molar-refractivity contribution in [2.24, 2.45) is 5.92 Å². The minimum absolute atomic E-state index is 0.0000739. The number of nitrogens with zero attached hydrogens (tertiary/aromatic N) is 3. The molecule has 0 spiro atoms. The predicted molar refractivity (Wildman–Crippen MR) is 138 cm³/mol. The molecule has 1 aromatic carbocycles. The van der Waals surface area contributed by atoms with Crippen LogP contribution in [0.15, 0.2) is 42.6 Å². The van der Waals surface area contributed by atoms with Crippen molar-refractivity contribution in [2.75, 3.05) is 25.0 Å². The van der Waals surface area contributed by atoms with Crippen molar-refractivity contribution in [2.45, 2.75) is 65.0 Å². The van der Waals surface area contributed by atoms with Gasteiger partial charge in [0, 0.05) is 42.9 Å². The Balaban J connectivity index is 1.24. The van der Waals surface area contributed by atoms with Crippen molar-refractivity contribution in [1.29, 1.82) is 0 Å². The van der Waals surface area contributed by atoms with Crippen LogP contribution < -0.4 is 10.1 Å². The van der Waals surface area contributed by atoms with Crippen LogP contribution in [0.1, 0.15) is 61.9 Å². The fourth-order valence-corrected chi connectivity index (χ4v) is 5.12. The van der Waals surface area contributed by atoms with Crippen molar-refractivity contribution in [1.82, 2.24) is 14.8 Å². The highest BCUT2D eigenvalue weighted by Gasteiger charge is 2.30. The number of ether oxygens (including phenoxy) is 1. The summed E-state index contributed by atoms with van der Waals surface area (Å²) in [7, 11) is 0. The van der Waals surface area contributed by atoms with Gasteiger partial charge in [-0.2, -0.15) is 0 Å². The maximum atomic E-state index is 13.0. The van der Waals surface area contributed by atoms with Gasteiger partial charge in [0.2, 0.25) is 5.91 Å². The van der Waals surface area contributed by atoms with E-state index in [1.54, 1.807) is 41.4 Å². The molecular weight excluding hydrogens is 456 g/mol. The van der Waals surface area contributed by atoms with E-state index in [4.69, 9.17) is 4.74 Å². The van der Waals surface area contributed by atoms with Crippen LogP contribution in [0.25, 0.3) is 0 Å². The summed E-state index contributed by atoms with van der Waals surface area (Å²) in [4.78, 5) is 46.2. The lowest BCUT2D eigenvalue weighted by molar-refractivity contribution is -0.139. The van der Waals surface area contributed by atoms with E-state index >= 15 is 0 Å².